The fraction of sp³-hybridized carbons (Fsp3) is 0.224. The number of nitrogens with zero attached hydrogens (tertiary/aromatic N) is 3. The van der Waals surface area contributed by atoms with E-state index in [4.69, 9.17) is 15.0 Å². The van der Waals surface area contributed by atoms with E-state index in [0.717, 1.165) is 34.4 Å². The minimum absolute atomic E-state index is 0.0383. The number of benzene rings is 7. The summed E-state index contributed by atoms with van der Waals surface area (Å²) in [6.45, 7) is 4.89. The highest BCUT2D eigenvalue weighted by Crippen LogP contribution is 2.70. The number of hydrogen-bond donors (Lipinski definition) is 0. The van der Waals surface area contributed by atoms with Crippen LogP contribution in [0.4, 0.5) is 0 Å². The average molecular weight is 846 g/mol. The molecule has 63 heavy (non-hydrogen) atoms. The van der Waals surface area contributed by atoms with Crippen LogP contribution in [0.1, 0.15) is 68.2 Å². The summed E-state index contributed by atoms with van der Waals surface area (Å²) in [6.07, 6.45) is 6.90. The van der Waals surface area contributed by atoms with E-state index in [9.17, 15) is 0 Å². The predicted octanol–water partition coefficient (Wildman–Crippen LogP) is 15.6. The van der Waals surface area contributed by atoms with Crippen LogP contribution in [-0.4, -0.2) is 15.0 Å². The molecule has 10 aromatic rings. The van der Waals surface area contributed by atoms with Gasteiger partial charge in [-0.25, -0.2) is 15.0 Å². The molecule has 0 N–H and O–H groups in total. The molecule has 6 aliphatic carbocycles. The third-order valence-corrected chi connectivity index (χ3v) is 18.8. The van der Waals surface area contributed by atoms with E-state index in [1.54, 1.807) is 11.1 Å². The van der Waals surface area contributed by atoms with Gasteiger partial charge in [0.2, 0.25) is 0 Å². The second-order valence-corrected chi connectivity index (χ2v) is 22.1. The van der Waals surface area contributed by atoms with Crippen LogP contribution in [0.2, 0.25) is 0 Å². The molecule has 7 aromatic carbocycles. The molecule has 0 saturated heterocycles. The molecule has 0 unspecified atom stereocenters. The van der Waals surface area contributed by atoms with Crippen molar-refractivity contribution in [2.45, 2.75) is 56.8 Å². The summed E-state index contributed by atoms with van der Waals surface area (Å²) in [7, 11) is 0. The van der Waals surface area contributed by atoms with Gasteiger partial charge in [0, 0.05) is 67.9 Å². The van der Waals surface area contributed by atoms with Gasteiger partial charge in [-0.2, -0.15) is 0 Å². The summed E-state index contributed by atoms with van der Waals surface area (Å²) >= 11 is 3.67. The zero-order valence-electron chi connectivity index (χ0n) is 35.3. The van der Waals surface area contributed by atoms with Gasteiger partial charge < -0.3 is 0 Å². The summed E-state index contributed by atoms with van der Waals surface area (Å²) < 4.78 is 5.09. The molecule has 3 nitrogen and oxygen atoms in total. The Morgan fingerprint density at radius 1 is 0.397 bits per heavy atom. The lowest BCUT2D eigenvalue weighted by Gasteiger charge is -2.61. The average Bonchev–Trinajstić information content (AvgIpc) is 4.02. The highest BCUT2D eigenvalue weighted by atomic mass is 32.1. The SMILES string of the molecule is CC1(C)c2ccccc2-c2cc3c(cc21)C1(c2ccc(-c4nc(-c5ccc6c(c5)sc5ccccc56)nc(-c5ccc6c(c5)sc5ccccc56)n4)cc2-3)C2CC3CC(C2)CC1C3. The van der Waals surface area contributed by atoms with Crippen LogP contribution in [0, 0.1) is 23.7 Å². The molecule has 0 aliphatic heterocycles. The predicted molar refractivity (Wildman–Crippen MR) is 263 cm³/mol. The van der Waals surface area contributed by atoms with Crippen LogP contribution in [0.5, 0.6) is 0 Å². The molecule has 4 fully saturated rings. The maximum absolute atomic E-state index is 5.41. The Kier molecular flexibility index (Phi) is 6.96. The van der Waals surface area contributed by atoms with E-state index in [1.165, 1.54) is 106 Å². The quantitative estimate of drug-likeness (QED) is 0.178. The first-order chi connectivity index (χ1) is 30.9. The van der Waals surface area contributed by atoms with E-state index < -0.39 is 0 Å². The fourth-order valence-corrected chi connectivity index (χ4v) is 16.3. The lowest BCUT2D eigenvalue weighted by Crippen LogP contribution is -2.55. The van der Waals surface area contributed by atoms with Gasteiger partial charge in [0.25, 0.3) is 0 Å². The van der Waals surface area contributed by atoms with Crippen LogP contribution in [-0.2, 0) is 10.8 Å². The van der Waals surface area contributed by atoms with Gasteiger partial charge in [-0.3, -0.25) is 0 Å². The van der Waals surface area contributed by atoms with Crippen molar-refractivity contribution in [3.8, 4) is 56.4 Å². The van der Waals surface area contributed by atoms with Crippen LogP contribution < -0.4 is 0 Å². The Balaban J connectivity index is 0.948. The Labute approximate surface area is 374 Å². The molecule has 1 spiro atoms. The molecule has 5 heteroatoms. The highest BCUT2D eigenvalue weighted by Gasteiger charge is 2.62. The first-order valence-corrected chi connectivity index (χ1v) is 24.6. The zero-order chi connectivity index (χ0) is 41.3. The molecule has 0 atom stereocenters. The molecule has 16 rings (SSSR count). The molecule has 0 radical (unpaired) electrons. The van der Waals surface area contributed by atoms with E-state index in [1.807, 2.05) is 22.7 Å². The second-order valence-electron chi connectivity index (χ2n) is 20.0. The van der Waals surface area contributed by atoms with Crippen LogP contribution in [0.3, 0.4) is 0 Å². The monoisotopic (exact) mass is 845 g/mol. The van der Waals surface area contributed by atoms with Crippen LogP contribution >= 0.6 is 22.7 Å². The van der Waals surface area contributed by atoms with Crippen molar-refractivity contribution in [2.24, 2.45) is 23.7 Å². The number of rotatable bonds is 3. The van der Waals surface area contributed by atoms with Crippen molar-refractivity contribution in [1.82, 2.24) is 15.0 Å². The Morgan fingerprint density at radius 3 is 1.51 bits per heavy atom. The third kappa shape index (κ3) is 4.72. The maximum atomic E-state index is 5.41. The fourth-order valence-electron chi connectivity index (χ4n) is 14.0. The second kappa shape index (κ2) is 12.4. The van der Waals surface area contributed by atoms with Gasteiger partial charge >= 0.3 is 0 Å². The maximum Gasteiger partial charge on any atom is 0.164 e. The Bertz CT molecular complexity index is 3480. The van der Waals surface area contributed by atoms with Gasteiger partial charge in [-0.15, -0.1) is 22.7 Å². The minimum Gasteiger partial charge on any atom is -0.208 e. The highest BCUT2D eigenvalue weighted by molar-refractivity contribution is 7.26. The smallest absolute Gasteiger partial charge is 0.164 e. The largest absolute Gasteiger partial charge is 0.208 e. The summed E-state index contributed by atoms with van der Waals surface area (Å²) in [5.41, 5.74) is 14.8. The third-order valence-electron chi connectivity index (χ3n) is 16.5. The molecule has 4 bridgehead atoms. The van der Waals surface area contributed by atoms with E-state index in [0.29, 0.717) is 23.5 Å². The number of fused-ring (bicyclic) bond motifs is 12. The van der Waals surface area contributed by atoms with Crippen molar-refractivity contribution in [2.75, 3.05) is 0 Å². The normalized spacial score (nSPS) is 23.3. The summed E-state index contributed by atoms with van der Waals surface area (Å²) in [6, 6.07) is 52.7. The van der Waals surface area contributed by atoms with Crippen molar-refractivity contribution in [1.29, 1.82) is 0 Å². The molecule has 302 valence electrons. The van der Waals surface area contributed by atoms with E-state index >= 15 is 0 Å². The van der Waals surface area contributed by atoms with Gasteiger partial charge in [-0.1, -0.05) is 117 Å². The Morgan fingerprint density at radius 2 is 0.889 bits per heavy atom. The van der Waals surface area contributed by atoms with E-state index in [-0.39, 0.29) is 10.8 Å². The standard InChI is InChI=1S/C58H43N3S2/c1-57(2)46-12-6-3-9-38(46)44-29-45-43-26-33(17-20-47(43)58(49(45)30-48(44)57)36-22-31-21-32(24-36)25-37(58)23-31)54-59-55(34-15-18-41-39-10-4-7-13-50(39)62-52(41)27-34)61-56(60-54)35-16-19-42-40-11-5-8-14-51(40)63-53(42)28-35/h3-20,26-32,36-37H,21-25H2,1-2H3. The molecular formula is C58H43N3S2. The van der Waals surface area contributed by atoms with Gasteiger partial charge in [0.1, 0.15) is 0 Å². The van der Waals surface area contributed by atoms with Crippen molar-refractivity contribution >= 4 is 63.0 Å². The molecule has 3 aromatic heterocycles. The van der Waals surface area contributed by atoms with Crippen molar-refractivity contribution in [3.63, 3.8) is 0 Å². The molecular weight excluding hydrogens is 803 g/mol. The van der Waals surface area contributed by atoms with Gasteiger partial charge in [0.05, 0.1) is 0 Å². The van der Waals surface area contributed by atoms with Crippen LogP contribution in [0.15, 0.2) is 140 Å². The van der Waals surface area contributed by atoms with Crippen molar-refractivity contribution in [3.05, 3.63) is 162 Å². The van der Waals surface area contributed by atoms with Gasteiger partial charge in [-0.05, 0) is 137 Å². The molecule has 0 amide bonds. The Hall–Kier alpha value is -6.01. The lowest BCUT2D eigenvalue weighted by molar-refractivity contribution is -0.0399. The number of aromatic nitrogens is 3. The lowest BCUT2D eigenvalue weighted by atomic mass is 9.43. The zero-order valence-corrected chi connectivity index (χ0v) is 36.9. The number of thiophene rings is 2. The first-order valence-electron chi connectivity index (χ1n) is 22.9. The topological polar surface area (TPSA) is 38.7 Å². The summed E-state index contributed by atoms with van der Waals surface area (Å²) in [4.78, 5) is 16.1. The first kappa shape index (κ1) is 35.5. The van der Waals surface area contributed by atoms with Crippen molar-refractivity contribution < 1.29 is 0 Å². The molecule has 6 aliphatic rings. The summed E-state index contributed by atoms with van der Waals surface area (Å²) in [5, 5.41) is 5.14. The molecule has 4 saturated carbocycles. The summed E-state index contributed by atoms with van der Waals surface area (Å²) in [5.74, 6) is 5.30. The minimum atomic E-state index is -0.0383. The number of hydrogen-bond acceptors (Lipinski definition) is 5. The van der Waals surface area contributed by atoms with Crippen LogP contribution in [0.25, 0.3) is 96.8 Å². The van der Waals surface area contributed by atoms with Gasteiger partial charge in [0.15, 0.2) is 17.5 Å². The van der Waals surface area contributed by atoms with E-state index in [2.05, 4.69) is 153 Å². The molecule has 3 heterocycles.